The van der Waals surface area contributed by atoms with E-state index < -0.39 is 0 Å². The monoisotopic (exact) mass is 278 g/mol. The number of ether oxygens (including phenoxy) is 1. The fraction of sp³-hybridized carbons (Fsp3) is 0.562. The summed E-state index contributed by atoms with van der Waals surface area (Å²) in [5.41, 5.74) is 2.33. The molecule has 1 aromatic rings. The fourth-order valence-electron chi connectivity index (χ4n) is 1.92. The third-order valence-electron chi connectivity index (χ3n) is 3.30. The Kier molecular flexibility index (Phi) is 7.09. The van der Waals surface area contributed by atoms with Crippen molar-refractivity contribution in [2.24, 2.45) is 0 Å². The first-order chi connectivity index (χ1) is 9.56. The molecule has 1 aromatic carbocycles. The van der Waals surface area contributed by atoms with Crippen LogP contribution < -0.4 is 15.4 Å². The van der Waals surface area contributed by atoms with Crippen LogP contribution in [0.25, 0.3) is 0 Å². The van der Waals surface area contributed by atoms with Crippen LogP contribution in [0.5, 0.6) is 5.75 Å². The van der Waals surface area contributed by atoms with Crippen molar-refractivity contribution in [3.05, 3.63) is 29.3 Å². The van der Waals surface area contributed by atoms with Gasteiger partial charge >= 0.3 is 0 Å². The molecular weight excluding hydrogens is 252 g/mol. The first kappa shape index (κ1) is 16.5. The van der Waals surface area contributed by atoms with Gasteiger partial charge in [0.15, 0.2) is 0 Å². The second-order valence-electron chi connectivity index (χ2n) is 5.12. The molecule has 0 aliphatic carbocycles. The van der Waals surface area contributed by atoms with Gasteiger partial charge < -0.3 is 15.4 Å². The summed E-state index contributed by atoms with van der Waals surface area (Å²) < 4.78 is 5.33. The number of methoxy groups -OCH3 is 1. The molecule has 1 unspecified atom stereocenters. The number of hydrogen-bond donors (Lipinski definition) is 2. The highest BCUT2D eigenvalue weighted by atomic mass is 16.5. The van der Waals surface area contributed by atoms with E-state index in [0.29, 0.717) is 19.5 Å². The van der Waals surface area contributed by atoms with Crippen LogP contribution >= 0.6 is 0 Å². The molecule has 0 spiro atoms. The predicted octanol–water partition coefficient (Wildman–Crippen LogP) is 2.40. The van der Waals surface area contributed by atoms with Gasteiger partial charge in [-0.15, -0.1) is 0 Å². The number of nitrogens with one attached hydrogen (secondary N) is 2. The second kappa shape index (κ2) is 8.59. The number of carbonyl (C=O) groups excluding carboxylic acids is 1. The van der Waals surface area contributed by atoms with Crippen molar-refractivity contribution in [2.45, 2.75) is 46.2 Å². The maximum Gasteiger partial charge on any atom is 0.221 e. The lowest BCUT2D eigenvalue weighted by atomic mass is 10.1. The molecule has 1 atom stereocenters. The van der Waals surface area contributed by atoms with E-state index in [4.69, 9.17) is 4.74 Å². The Morgan fingerprint density at radius 3 is 2.80 bits per heavy atom. The Morgan fingerprint density at radius 1 is 1.40 bits per heavy atom. The molecule has 0 heterocycles. The van der Waals surface area contributed by atoms with E-state index in [2.05, 4.69) is 30.5 Å². The Morgan fingerprint density at radius 2 is 2.15 bits per heavy atom. The number of hydrogen-bond acceptors (Lipinski definition) is 3. The van der Waals surface area contributed by atoms with Crippen LogP contribution in [0.1, 0.15) is 37.8 Å². The smallest absolute Gasteiger partial charge is 0.221 e. The topological polar surface area (TPSA) is 50.4 Å². The normalized spacial score (nSPS) is 12.0. The average Bonchev–Trinajstić information content (AvgIpc) is 2.43. The van der Waals surface area contributed by atoms with Gasteiger partial charge in [0.2, 0.25) is 5.91 Å². The van der Waals surface area contributed by atoms with E-state index in [-0.39, 0.29) is 11.9 Å². The van der Waals surface area contributed by atoms with Crippen LogP contribution in [0.3, 0.4) is 0 Å². The van der Waals surface area contributed by atoms with E-state index in [0.717, 1.165) is 17.7 Å². The minimum atomic E-state index is 0.100. The van der Waals surface area contributed by atoms with Crippen molar-refractivity contribution in [1.29, 1.82) is 0 Å². The van der Waals surface area contributed by atoms with E-state index in [9.17, 15) is 4.79 Å². The van der Waals surface area contributed by atoms with Crippen LogP contribution in [0.2, 0.25) is 0 Å². The predicted molar refractivity (Wildman–Crippen MR) is 82.0 cm³/mol. The minimum absolute atomic E-state index is 0.100. The van der Waals surface area contributed by atoms with Crippen molar-refractivity contribution >= 4 is 5.91 Å². The van der Waals surface area contributed by atoms with Gasteiger partial charge in [0.25, 0.3) is 0 Å². The summed E-state index contributed by atoms with van der Waals surface area (Å²) in [7, 11) is 1.67. The first-order valence-corrected chi connectivity index (χ1v) is 7.20. The molecule has 0 saturated carbocycles. The summed E-state index contributed by atoms with van der Waals surface area (Å²) in [6, 6.07) is 6.36. The number of carbonyl (C=O) groups is 1. The van der Waals surface area contributed by atoms with Crippen LogP contribution in [-0.2, 0) is 11.3 Å². The summed E-state index contributed by atoms with van der Waals surface area (Å²) in [4.78, 5) is 11.6. The van der Waals surface area contributed by atoms with Gasteiger partial charge in [0.1, 0.15) is 5.75 Å². The van der Waals surface area contributed by atoms with Crippen LogP contribution in [-0.4, -0.2) is 25.6 Å². The molecular formula is C16H26N2O2. The number of aryl methyl sites for hydroxylation is 1. The standard InChI is InChI=1S/C16H26N2O2/c1-5-13(3)18-16(19)8-9-17-11-14-10-12(2)6-7-15(14)20-4/h6-7,10,13,17H,5,8-9,11H2,1-4H3,(H,18,19). The molecule has 0 saturated heterocycles. The van der Waals surface area contributed by atoms with Gasteiger partial charge in [-0.3, -0.25) is 4.79 Å². The number of benzene rings is 1. The minimum Gasteiger partial charge on any atom is -0.496 e. The third kappa shape index (κ3) is 5.61. The Hall–Kier alpha value is -1.55. The number of rotatable bonds is 8. The van der Waals surface area contributed by atoms with Crippen molar-refractivity contribution < 1.29 is 9.53 Å². The van der Waals surface area contributed by atoms with Gasteiger partial charge in [-0.2, -0.15) is 0 Å². The molecule has 0 aliphatic heterocycles. The molecule has 20 heavy (non-hydrogen) atoms. The Bertz CT molecular complexity index is 432. The molecule has 4 nitrogen and oxygen atoms in total. The molecule has 0 fully saturated rings. The molecule has 1 amide bonds. The molecule has 0 aliphatic rings. The SMILES string of the molecule is CCC(C)NC(=O)CCNCc1cc(C)ccc1OC. The van der Waals surface area contributed by atoms with Gasteiger partial charge in [-0.25, -0.2) is 0 Å². The zero-order chi connectivity index (χ0) is 15.0. The lowest BCUT2D eigenvalue weighted by molar-refractivity contribution is -0.121. The highest BCUT2D eigenvalue weighted by molar-refractivity contribution is 5.76. The lowest BCUT2D eigenvalue weighted by Gasteiger charge is -2.12. The van der Waals surface area contributed by atoms with E-state index in [1.807, 2.05) is 19.1 Å². The molecule has 1 rings (SSSR count). The highest BCUT2D eigenvalue weighted by Gasteiger charge is 2.06. The largest absolute Gasteiger partial charge is 0.496 e. The van der Waals surface area contributed by atoms with Crippen molar-refractivity contribution in [3.63, 3.8) is 0 Å². The maximum atomic E-state index is 11.6. The van der Waals surface area contributed by atoms with E-state index in [1.165, 1.54) is 5.56 Å². The van der Waals surface area contributed by atoms with E-state index >= 15 is 0 Å². The summed E-state index contributed by atoms with van der Waals surface area (Å²) >= 11 is 0. The van der Waals surface area contributed by atoms with E-state index in [1.54, 1.807) is 7.11 Å². The highest BCUT2D eigenvalue weighted by Crippen LogP contribution is 2.19. The summed E-state index contributed by atoms with van der Waals surface area (Å²) in [5, 5.41) is 6.24. The third-order valence-corrected chi connectivity index (χ3v) is 3.30. The first-order valence-electron chi connectivity index (χ1n) is 7.20. The van der Waals surface area contributed by atoms with Gasteiger partial charge in [-0.1, -0.05) is 24.6 Å². The van der Waals surface area contributed by atoms with Crippen LogP contribution in [0.4, 0.5) is 0 Å². The average molecular weight is 278 g/mol. The molecule has 4 heteroatoms. The summed E-state index contributed by atoms with van der Waals surface area (Å²) in [5.74, 6) is 0.982. The van der Waals surface area contributed by atoms with Gasteiger partial charge in [-0.05, 0) is 26.3 Å². The van der Waals surface area contributed by atoms with Crippen LogP contribution in [0.15, 0.2) is 18.2 Å². The molecule has 2 N–H and O–H groups in total. The zero-order valence-electron chi connectivity index (χ0n) is 13.0. The van der Waals surface area contributed by atoms with Gasteiger partial charge in [0, 0.05) is 31.1 Å². The molecule has 0 aromatic heterocycles. The van der Waals surface area contributed by atoms with Crippen LogP contribution in [0, 0.1) is 6.92 Å². The Labute approximate surface area is 121 Å². The van der Waals surface area contributed by atoms with Crippen molar-refractivity contribution in [1.82, 2.24) is 10.6 Å². The lowest BCUT2D eigenvalue weighted by Crippen LogP contribution is -2.33. The summed E-state index contributed by atoms with van der Waals surface area (Å²) in [6.45, 7) is 7.51. The quantitative estimate of drug-likeness (QED) is 0.718. The second-order valence-corrected chi connectivity index (χ2v) is 5.12. The fourth-order valence-corrected chi connectivity index (χ4v) is 1.92. The van der Waals surface area contributed by atoms with Crippen molar-refractivity contribution in [3.8, 4) is 5.75 Å². The molecule has 0 bridgehead atoms. The van der Waals surface area contributed by atoms with Crippen molar-refractivity contribution in [2.75, 3.05) is 13.7 Å². The molecule has 0 radical (unpaired) electrons. The maximum absolute atomic E-state index is 11.6. The molecule has 112 valence electrons. The van der Waals surface area contributed by atoms with Gasteiger partial charge in [0.05, 0.1) is 7.11 Å². The number of amides is 1. The summed E-state index contributed by atoms with van der Waals surface area (Å²) in [6.07, 6.45) is 1.46. The Balaban J connectivity index is 2.34. The zero-order valence-corrected chi connectivity index (χ0v) is 13.0.